The molecule has 3 aromatic rings. The maximum absolute atomic E-state index is 13.1. The molecule has 8 nitrogen and oxygen atoms in total. The monoisotopic (exact) mass is 492 g/mol. The van der Waals surface area contributed by atoms with Gasteiger partial charge in [-0.05, 0) is 35.0 Å². The molecule has 0 radical (unpaired) electrons. The maximum Gasteiger partial charge on any atom is 0.338 e. The van der Waals surface area contributed by atoms with Gasteiger partial charge in [0.2, 0.25) is 10.0 Å². The van der Waals surface area contributed by atoms with E-state index < -0.39 is 22.6 Å². The van der Waals surface area contributed by atoms with Crippen LogP contribution in [0.2, 0.25) is 0 Å². The Kier molecular flexibility index (Phi) is 6.27. The lowest BCUT2D eigenvalue weighted by atomic mass is 10.1. The fourth-order valence-corrected chi connectivity index (χ4v) is 5.66. The van der Waals surface area contributed by atoms with E-state index in [1.165, 1.54) is 9.21 Å². The zero-order chi connectivity index (χ0) is 24.4. The summed E-state index contributed by atoms with van der Waals surface area (Å²) in [4.78, 5) is 26.7. The highest BCUT2D eigenvalue weighted by molar-refractivity contribution is 7.89. The van der Waals surface area contributed by atoms with Crippen molar-refractivity contribution in [3.63, 3.8) is 0 Å². The first-order chi connectivity index (χ1) is 16.9. The predicted molar refractivity (Wildman–Crippen MR) is 130 cm³/mol. The summed E-state index contributed by atoms with van der Waals surface area (Å²) in [6.07, 6.45) is 1.70. The first-order valence-electron chi connectivity index (χ1n) is 11.3. The Hall–Kier alpha value is -3.69. The van der Waals surface area contributed by atoms with Gasteiger partial charge in [-0.3, -0.25) is 4.79 Å². The molecule has 1 fully saturated rings. The molecule has 2 heterocycles. The summed E-state index contributed by atoms with van der Waals surface area (Å²) in [6.45, 7) is 0.463. The van der Waals surface area contributed by atoms with Crippen LogP contribution in [-0.2, 0) is 24.3 Å². The molecule has 35 heavy (non-hydrogen) atoms. The molecule has 2 aliphatic heterocycles. The number of fused-ring (bicyclic) bond motifs is 2. The van der Waals surface area contributed by atoms with Crippen molar-refractivity contribution < 1.29 is 27.5 Å². The molecule has 9 heteroatoms. The number of rotatable bonds is 5. The molecule has 0 N–H and O–H groups in total. The molecule has 0 aromatic heterocycles. The van der Waals surface area contributed by atoms with Crippen LogP contribution in [0.1, 0.15) is 5.56 Å². The Morgan fingerprint density at radius 3 is 2.40 bits per heavy atom. The standard InChI is InChI=1S/C26H24N2O6S/c29-25(18-34-26(30)22-15-21-7-3-4-8-24(21)33-17-22)27-11-13-28(14-12-27)35(31,32)23-10-9-19-5-1-2-6-20(19)16-23/h1-10,15-16H,11-14,17-18H2. The van der Waals surface area contributed by atoms with Crippen molar-refractivity contribution in [2.75, 3.05) is 39.4 Å². The van der Waals surface area contributed by atoms with E-state index >= 15 is 0 Å². The topological polar surface area (TPSA) is 93.2 Å². The number of nitrogens with zero attached hydrogens (tertiary/aromatic N) is 2. The fourth-order valence-electron chi connectivity index (χ4n) is 4.20. The number of hydrogen-bond acceptors (Lipinski definition) is 6. The van der Waals surface area contributed by atoms with Crippen LogP contribution in [0.5, 0.6) is 5.75 Å². The average molecular weight is 493 g/mol. The van der Waals surface area contributed by atoms with Crippen LogP contribution < -0.4 is 4.74 Å². The fraction of sp³-hybridized carbons (Fsp3) is 0.231. The number of benzene rings is 3. The lowest BCUT2D eigenvalue weighted by molar-refractivity contribution is -0.149. The van der Waals surface area contributed by atoms with Crippen molar-refractivity contribution in [3.05, 3.63) is 77.9 Å². The third-order valence-corrected chi connectivity index (χ3v) is 8.07. The Labute approximate surface area is 203 Å². The summed E-state index contributed by atoms with van der Waals surface area (Å²) in [6, 6.07) is 20.0. The maximum atomic E-state index is 13.1. The highest BCUT2D eigenvalue weighted by atomic mass is 32.2. The summed E-state index contributed by atoms with van der Waals surface area (Å²) in [5.41, 5.74) is 1.11. The Morgan fingerprint density at radius 1 is 0.886 bits per heavy atom. The molecule has 0 unspecified atom stereocenters. The molecule has 3 aromatic carbocycles. The van der Waals surface area contributed by atoms with Gasteiger partial charge in [-0.2, -0.15) is 4.31 Å². The minimum Gasteiger partial charge on any atom is -0.488 e. The number of piperazine rings is 1. The number of amides is 1. The molecule has 5 rings (SSSR count). The smallest absolute Gasteiger partial charge is 0.338 e. The molecule has 1 amide bonds. The SMILES string of the molecule is O=C(OCC(=O)N1CCN(S(=O)(=O)c2ccc3ccccc3c2)CC1)C1=Cc2ccccc2OC1. The van der Waals surface area contributed by atoms with Gasteiger partial charge >= 0.3 is 5.97 Å². The quantitative estimate of drug-likeness (QED) is 0.509. The largest absolute Gasteiger partial charge is 0.488 e. The molecule has 0 saturated carbocycles. The first kappa shape index (κ1) is 23.1. The summed E-state index contributed by atoms with van der Waals surface area (Å²) in [5.74, 6) is -0.277. The van der Waals surface area contributed by atoms with Crippen molar-refractivity contribution in [1.29, 1.82) is 0 Å². The Morgan fingerprint density at radius 2 is 1.60 bits per heavy atom. The van der Waals surface area contributed by atoms with E-state index in [9.17, 15) is 18.0 Å². The summed E-state index contributed by atoms with van der Waals surface area (Å²) in [5, 5.41) is 1.82. The third-order valence-electron chi connectivity index (χ3n) is 6.17. The van der Waals surface area contributed by atoms with E-state index in [0.717, 1.165) is 16.3 Å². The van der Waals surface area contributed by atoms with Crippen molar-refractivity contribution in [2.45, 2.75) is 4.90 Å². The van der Waals surface area contributed by atoms with E-state index in [2.05, 4.69) is 0 Å². The third kappa shape index (κ3) is 4.78. The number of para-hydroxylation sites is 1. The van der Waals surface area contributed by atoms with Crippen molar-refractivity contribution in [3.8, 4) is 5.75 Å². The molecule has 0 spiro atoms. The second-order valence-corrected chi connectivity index (χ2v) is 10.3. The zero-order valence-electron chi connectivity index (χ0n) is 18.9. The second-order valence-electron chi connectivity index (χ2n) is 8.37. The zero-order valence-corrected chi connectivity index (χ0v) is 19.7. The molecule has 0 atom stereocenters. The summed E-state index contributed by atoms with van der Waals surface area (Å²) in [7, 11) is -3.68. The number of carbonyl (C=O) groups excluding carboxylic acids is 2. The van der Waals surface area contributed by atoms with Crippen LogP contribution in [0.3, 0.4) is 0 Å². The molecule has 0 bridgehead atoms. The van der Waals surface area contributed by atoms with Gasteiger partial charge in [-0.1, -0.05) is 48.5 Å². The number of esters is 1. The molecular weight excluding hydrogens is 468 g/mol. The van der Waals surface area contributed by atoms with Gasteiger partial charge in [-0.15, -0.1) is 0 Å². The molecular formula is C26H24N2O6S. The summed E-state index contributed by atoms with van der Waals surface area (Å²) >= 11 is 0. The van der Waals surface area contributed by atoms with Crippen LogP contribution in [0.25, 0.3) is 16.8 Å². The van der Waals surface area contributed by atoms with Gasteiger partial charge < -0.3 is 14.4 Å². The van der Waals surface area contributed by atoms with Crippen LogP contribution in [0.4, 0.5) is 0 Å². The minimum absolute atomic E-state index is 0.0787. The van der Waals surface area contributed by atoms with Crippen molar-refractivity contribution in [2.24, 2.45) is 0 Å². The van der Waals surface area contributed by atoms with E-state index in [-0.39, 0.29) is 43.6 Å². The highest BCUT2D eigenvalue weighted by Crippen LogP contribution is 2.26. The number of sulfonamides is 1. The van der Waals surface area contributed by atoms with Gasteiger partial charge in [0.25, 0.3) is 5.91 Å². The Balaban J connectivity index is 1.16. The Bertz CT molecular complexity index is 1420. The van der Waals surface area contributed by atoms with Crippen LogP contribution in [-0.4, -0.2) is 68.9 Å². The van der Waals surface area contributed by atoms with E-state index in [1.807, 2.05) is 48.5 Å². The lowest BCUT2D eigenvalue weighted by Gasteiger charge is -2.34. The van der Waals surface area contributed by atoms with Gasteiger partial charge in [-0.25, -0.2) is 13.2 Å². The second kappa shape index (κ2) is 9.52. The number of carbonyl (C=O) groups is 2. The van der Waals surface area contributed by atoms with E-state index in [0.29, 0.717) is 11.3 Å². The number of ether oxygens (including phenoxy) is 2. The van der Waals surface area contributed by atoms with Gasteiger partial charge in [0, 0.05) is 31.7 Å². The summed E-state index contributed by atoms with van der Waals surface area (Å²) < 4.78 is 38.4. The van der Waals surface area contributed by atoms with Crippen LogP contribution in [0.15, 0.2) is 77.2 Å². The molecule has 180 valence electrons. The molecule has 2 aliphatic rings. The highest BCUT2D eigenvalue weighted by Gasteiger charge is 2.30. The molecule has 0 aliphatic carbocycles. The predicted octanol–water partition coefficient (Wildman–Crippen LogP) is 2.69. The van der Waals surface area contributed by atoms with Crippen molar-refractivity contribution in [1.82, 2.24) is 9.21 Å². The van der Waals surface area contributed by atoms with Gasteiger partial charge in [0.15, 0.2) is 6.61 Å². The normalized spacial score (nSPS) is 16.2. The van der Waals surface area contributed by atoms with Crippen molar-refractivity contribution >= 4 is 38.7 Å². The average Bonchev–Trinajstić information content (AvgIpc) is 2.91. The van der Waals surface area contributed by atoms with E-state index in [4.69, 9.17) is 9.47 Å². The van der Waals surface area contributed by atoms with E-state index in [1.54, 1.807) is 24.3 Å². The number of hydrogen-bond donors (Lipinski definition) is 0. The lowest BCUT2D eigenvalue weighted by Crippen LogP contribution is -2.51. The van der Waals surface area contributed by atoms with Crippen LogP contribution >= 0.6 is 0 Å². The van der Waals surface area contributed by atoms with Gasteiger partial charge in [0.1, 0.15) is 12.4 Å². The first-order valence-corrected chi connectivity index (χ1v) is 12.7. The van der Waals surface area contributed by atoms with Gasteiger partial charge in [0.05, 0.1) is 10.5 Å². The minimum atomic E-state index is -3.68. The molecule has 1 saturated heterocycles. The van der Waals surface area contributed by atoms with Crippen LogP contribution in [0, 0.1) is 0 Å².